The van der Waals surface area contributed by atoms with Crippen molar-refractivity contribution in [3.63, 3.8) is 0 Å². The normalized spacial score (nSPS) is 10.3. The van der Waals surface area contributed by atoms with Gasteiger partial charge in [-0.25, -0.2) is 9.97 Å². The second-order valence-electron chi connectivity index (χ2n) is 5.49. The first-order valence-corrected chi connectivity index (χ1v) is 8.18. The van der Waals surface area contributed by atoms with Crippen molar-refractivity contribution in [2.24, 2.45) is 0 Å². The highest BCUT2D eigenvalue weighted by molar-refractivity contribution is 6.30. The smallest absolute Gasteiger partial charge is 0.274 e. The van der Waals surface area contributed by atoms with E-state index in [1.165, 1.54) is 0 Å². The Balaban J connectivity index is 1.73. The van der Waals surface area contributed by atoms with Crippen molar-refractivity contribution in [1.29, 1.82) is 0 Å². The number of amides is 1. The molecule has 3 aromatic rings. The first-order valence-electron chi connectivity index (χ1n) is 7.80. The number of halogens is 1. The third-order valence-electron chi connectivity index (χ3n) is 3.47. The zero-order valence-electron chi connectivity index (χ0n) is 13.7. The molecule has 0 radical (unpaired) electrons. The van der Waals surface area contributed by atoms with Gasteiger partial charge in [-0.2, -0.15) is 0 Å². The molecule has 6 heteroatoms. The molecule has 1 amide bonds. The van der Waals surface area contributed by atoms with E-state index in [0.29, 0.717) is 34.6 Å². The van der Waals surface area contributed by atoms with Gasteiger partial charge in [-0.15, -0.1) is 0 Å². The van der Waals surface area contributed by atoms with Crippen molar-refractivity contribution >= 4 is 29.0 Å². The van der Waals surface area contributed by atoms with Gasteiger partial charge in [0.15, 0.2) is 0 Å². The van der Waals surface area contributed by atoms with E-state index < -0.39 is 0 Å². The minimum absolute atomic E-state index is 0.294. The van der Waals surface area contributed by atoms with Crippen molar-refractivity contribution < 1.29 is 4.79 Å². The van der Waals surface area contributed by atoms with E-state index in [-0.39, 0.29) is 5.91 Å². The van der Waals surface area contributed by atoms with Crippen LogP contribution >= 0.6 is 11.6 Å². The Bertz CT molecular complexity index is 884. The highest BCUT2D eigenvalue weighted by Gasteiger charge is 2.11. The predicted molar refractivity (Wildman–Crippen MR) is 99.9 cm³/mol. The Kier molecular flexibility index (Phi) is 5.26. The number of anilines is 2. The van der Waals surface area contributed by atoms with Crippen LogP contribution in [-0.4, -0.2) is 15.9 Å². The number of hydrogen-bond donors (Lipinski definition) is 2. The monoisotopic (exact) mass is 352 g/mol. The average Bonchev–Trinajstić information content (AvgIpc) is 2.60. The molecule has 1 heterocycles. The summed E-state index contributed by atoms with van der Waals surface area (Å²) in [5.74, 6) is 0.817. The van der Waals surface area contributed by atoms with E-state index in [1.54, 1.807) is 37.3 Å². The lowest BCUT2D eigenvalue weighted by Crippen LogP contribution is -2.15. The van der Waals surface area contributed by atoms with Gasteiger partial charge >= 0.3 is 0 Å². The molecule has 25 heavy (non-hydrogen) atoms. The maximum absolute atomic E-state index is 12.4. The molecule has 0 saturated carbocycles. The summed E-state index contributed by atoms with van der Waals surface area (Å²) in [4.78, 5) is 21.0. The summed E-state index contributed by atoms with van der Waals surface area (Å²) in [6, 6.07) is 18.6. The van der Waals surface area contributed by atoms with Crippen LogP contribution in [0.3, 0.4) is 0 Å². The second kappa shape index (κ2) is 7.77. The van der Waals surface area contributed by atoms with Gasteiger partial charge < -0.3 is 10.6 Å². The molecule has 2 aromatic carbocycles. The van der Waals surface area contributed by atoms with E-state index in [1.807, 2.05) is 30.3 Å². The van der Waals surface area contributed by atoms with Crippen molar-refractivity contribution in [1.82, 2.24) is 9.97 Å². The fourth-order valence-corrected chi connectivity index (χ4v) is 2.51. The summed E-state index contributed by atoms with van der Waals surface area (Å²) in [5.41, 5.74) is 2.04. The van der Waals surface area contributed by atoms with E-state index in [4.69, 9.17) is 11.6 Å². The summed E-state index contributed by atoms with van der Waals surface area (Å²) in [6.45, 7) is 2.37. The Morgan fingerprint density at radius 2 is 1.84 bits per heavy atom. The molecule has 0 aliphatic rings. The second-order valence-corrected chi connectivity index (χ2v) is 5.93. The number of nitrogens with zero attached hydrogens (tertiary/aromatic N) is 2. The lowest BCUT2D eigenvalue weighted by atomic mass is 10.2. The number of hydrogen-bond acceptors (Lipinski definition) is 4. The zero-order chi connectivity index (χ0) is 17.6. The molecule has 0 unspecified atom stereocenters. The van der Waals surface area contributed by atoms with E-state index in [9.17, 15) is 4.79 Å². The van der Waals surface area contributed by atoms with Gasteiger partial charge in [0.2, 0.25) is 0 Å². The van der Waals surface area contributed by atoms with E-state index in [0.717, 1.165) is 5.56 Å². The summed E-state index contributed by atoms with van der Waals surface area (Å²) >= 11 is 5.94. The first-order chi connectivity index (χ1) is 12.1. The fraction of sp³-hybridized carbons (Fsp3) is 0.105. The number of benzene rings is 2. The third-order valence-corrected chi connectivity index (χ3v) is 3.70. The predicted octanol–water partition coefficient (Wildman–Crippen LogP) is 4.30. The number of carbonyl (C=O) groups is 1. The fourth-order valence-electron chi connectivity index (χ4n) is 2.32. The molecule has 5 nitrogen and oxygen atoms in total. The van der Waals surface area contributed by atoms with Crippen LogP contribution in [0.15, 0.2) is 60.7 Å². The quantitative estimate of drug-likeness (QED) is 0.718. The molecule has 0 spiro atoms. The van der Waals surface area contributed by atoms with Crippen LogP contribution in [0.2, 0.25) is 5.02 Å². The third kappa shape index (κ3) is 4.78. The van der Waals surface area contributed by atoms with Crippen LogP contribution in [-0.2, 0) is 6.54 Å². The lowest BCUT2D eigenvalue weighted by Gasteiger charge is -2.09. The Hall–Kier alpha value is -2.92. The van der Waals surface area contributed by atoms with Crippen LogP contribution < -0.4 is 10.6 Å². The molecule has 0 fully saturated rings. The van der Waals surface area contributed by atoms with Gasteiger partial charge in [-0.05, 0) is 30.7 Å². The minimum atomic E-state index is -0.310. The highest BCUT2D eigenvalue weighted by atomic mass is 35.5. The number of carbonyl (C=O) groups excluding carboxylic acids is 1. The Labute approximate surface area is 151 Å². The van der Waals surface area contributed by atoms with Crippen LogP contribution in [0, 0.1) is 6.92 Å². The van der Waals surface area contributed by atoms with Crippen molar-refractivity contribution in [3.05, 3.63) is 82.8 Å². The van der Waals surface area contributed by atoms with Crippen molar-refractivity contribution in [2.45, 2.75) is 13.5 Å². The molecule has 0 bridgehead atoms. The zero-order valence-corrected chi connectivity index (χ0v) is 14.4. The van der Waals surface area contributed by atoms with Gasteiger partial charge in [0.1, 0.15) is 17.3 Å². The number of aryl methyl sites for hydroxylation is 1. The SMILES string of the molecule is Cc1nc(NCc2ccccc2)cc(C(=O)Nc2cccc(Cl)c2)n1. The van der Waals surface area contributed by atoms with Gasteiger partial charge in [-0.1, -0.05) is 48.0 Å². The molecule has 0 aliphatic heterocycles. The van der Waals surface area contributed by atoms with Gasteiger partial charge in [0.05, 0.1) is 0 Å². The summed E-state index contributed by atoms with van der Waals surface area (Å²) < 4.78 is 0. The molecular weight excluding hydrogens is 336 g/mol. The van der Waals surface area contributed by atoms with Crippen LogP contribution in [0.1, 0.15) is 21.9 Å². The van der Waals surface area contributed by atoms with Gasteiger partial charge in [0, 0.05) is 23.3 Å². The largest absolute Gasteiger partial charge is 0.366 e. The Morgan fingerprint density at radius 3 is 2.60 bits per heavy atom. The molecular formula is C19H17ClN4O. The van der Waals surface area contributed by atoms with E-state index in [2.05, 4.69) is 20.6 Å². The first kappa shape index (κ1) is 16.9. The standard InChI is InChI=1S/C19H17ClN4O/c1-13-22-17(19(25)24-16-9-5-8-15(20)10-16)11-18(23-13)21-12-14-6-3-2-4-7-14/h2-11H,12H2,1H3,(H,24,25)(H,21,22,23). The molecule has 126 valence electrons. The Morgan fingerprint density at radius 1 is 1.04 bits per heavy atom. The molecule has 2 N–H and O–H groups in total. The van der Waals surface area contributed by atoms with Crippen LogP contribution in [0.5, 0.6) is 0 Å². The van der Waals surface area contributed by atoms with Crippen LogP contribution in [0.25, 0.3) is 0 Å². The highest BCUT2D eigenvalue weighted by Crippen LogP contribution is 2.16. The maximum Gasteiger partial charge on any atom is 0.274 e. The summed E-state index contributed by atoms with van der Waals surface area (Å²) in [5, 5.41) is 6.56. The summed E-state index contributed by atoms with van der Waals surface area (Å²) in [7, 11) is 0. The minimum Gasteiger partial charge on any atom is -0.366 e. The number of rotatable bonds is 5. The van der Waals surface area contributed by atoms with E-state index >= 15 is 0 Å². The maximum atomic E-state index is 12.4. The van der Waals surface area contributed by atoms with Crippen molar-refractivity contribution in [2.75, 3.05) is 10.6 Å². The molecule has 0 aliphatic carbocycles. The lowest BCUT2D eigenvalue weighted by molar-refractivity contribution is 0.102. The van der Waals surface area contributed by atoms with Gasteiger partial charge in [-0.3, -0.25) is 4.79 Å². The molecule has 0 saturated heterocycles. The van der Waals surface area contributed by atoms with Crippen molar-refractivity contribution in [3.8, 4) is 0 Å². The molecule has 3 rings (SSSR count). The molecule has 0 atom stereocenters. The number of nitrogens with one attached hydrogen (secondary N) is 2. The topological polar surface area (TPSA) is 66.9 Å². The van der Waals surface area contributed by atoms with Crippen LogP contribution in [0.4, 0.5) is 11.5 Å². The number of aromatic nitrogens is 2. The average molecular weight is 353 g/mol. The summed E-state index contributed by atoms with van der Waals surface area (Å²) in [6.07, 6.45) is 0. The van der Waals surface area contributed by atoms with Gasteiger partial charge in [0.25, 0.3) is 5.91 Å². The molecule has 1 aromatic heterocycles.